The van der Waals surface area contributed by atoms with Gasteiger partial charge in [-0.3, -0.25) is 14.4 Å². The number of nitrogens with zero attached hydrogens (tertiary/aromatic N) is 3. The van der Waals surface area contributed by atoms with Crippen LogP contribution in [-0.4, -0.2) is 41.0 Å². The first kappa shape index (κ1) is 15.5. The molecule has 0 aliphatic carbocycles. The van der Waals surface area contributed by atoms with Crippen molar-refractivity contribution >= 4 is 33.7 Å². The molecule has 1 aliphatic heterocycles. The minimum absolute atomic E-state index is 0.207. The number of ether oxygens (including phenoxy) is 1. The molecule has 3 rings (SSSR count). The summed E-state index contributed by atoms with van der Waals surface area (Å²) in [5.74, 6) is 0.456. The van der Waals surface area contributed by atoms with Crippen LogP contribution in [0.4, 0.5) is 10.6 Å². The summed E-state index contributed by atoms with van der Waals surface area (Å²) in [5, 5.41) is 6.82. The molecule has 0 saturated carbocycles. The van der Waals surface area contributed by atoms with Crippen molar-refractivity contribution in [3.8, 4) is 0 Å². The van der Waals surface area contributed by atoms with E-state index in [1.54, 1.807) is 42.2 Å². The Morgan fingerprint density at radius 3 is 3.00 bits per heavy atom. The second kappa shape index (κ2) is 6.41. The molecule has 0 bridgehead atoms. The highest BCUT2D eigenvalue weighted by atomic mass is 79.9. The van der Waals surface area contributed by atoms with Crippen LogP contribution < -0.4 is 10.2 Å². The molecule has 1 N–H and O–H groups in total. The molecule has 1 atom stereocenters. The smallest absolute Gasteiger partial charge is 0.416 e. The maximum Gasteiger partial charge on any atom is 0.416 e. The van der Waals surface area contributed by atoms with E-state index in [9.17, 15) is 9.59 Å². The highest BCUT2D eigenvalue weighted by Crippen LogP contribution is 2.20. The topological polar surface area (TPSA) is 76.5 Å². The lowest BCUT2D eigenvalue weighted by atomic mass is 10.2. The van der Waals surface area contributed by atoms with Gasteiger partial charge in [0.2, 0.25) is 0 Å². The second-order valence-electron chi connectivity index (χ2n) is 5.15. The van der Waals surface area contributed by atoms with Crippen LogP contribution in [0.15, 0.2) is 41.0 Å². The molecule has 7 nitrogen and oxygen atoms in total. The van der Waals surface area contributed by atoms with Crippen LogP contribution in [-0.2, 0) is 11.8 Å². The number of rotatable bonds is 4. The second-order valence-corrected chi connectivity index (χ2v) is 6.07. The van der Waals surface area contributed by atoms with E-state index in [4.69, 9.17) is 4.74 Å². The molecule has 1 aromatic carbocycles. The van der Waals surface area contributed by atoms with Gasteiger partial charge in [0.15, 0.2) is 0 Å². The molecule has 1 unspecified atom stereocenters. The van der Waals surface area contributed by atoms with Gasteiger partial charge >= 0.3 is 6.09 Å². The van der Waals surface area contributed by atoms with Gasteiger partial charge in [-0.2, -0.15) is 5.10 Å². The summed E-state index contributed by atoms with van der Waals surface area (Å²) >= 11 is 3.33. The number of carbonyl (C=O) groups is 2. The zero-order valence-corrected chi connectivity index (χ0v) is 14.0. The number of aryl methyl sites for hydroxylation is 1. The molecule has 8 heteroatoms. The molecule has 2 aromatic rings. The Bertz CT molecular complexity index is 746. The molecule has 0 spiro atoms. The van der Waals surface area contributed by atoms with Crippen molar-refractivity contribution < 1.29 is 14.3 Å². The third-order valence-electron chi connectivity index (χ3n) is 3.52. The van der Waals surface area contributed by atoms with E-state index < -0.39 is 12.2 Å². The number of hydrogen-bond donors (Lipinski definition) is 1. The fourth-order valence-electron chi connectivity index (χ4n) is 2.38. The maximum absolute atomic E-state index is 12.1. The minimum Gasteiger partial charge on any atom is -0.442 e. The first-order chi connectivity index (χ1) is 11.0. The van der Waals surface area contributed by atoms with Gasteiger partial charge in [-0.05, 0) is 18.2 Å². The van der Waals surface area contributed by atoms with E-state index >= 15 is 0 Å². The lowest BCUT2D eigenvalue weighted by molar-refractivity contribution is 0.0916. The molecule has 0 radical (unpaired) electrons. The molecule has 120 valence electrons. The summed E-state index contributed by atoms with van der Waals surface area (Å²) in [6.07, 6.45) is 0.786. The fraction of sp³-hybridized carbons (Fsp3) is 0.267. The van der Waals surface area contributed by atoms with Crippen LogP contribution >= 0.6 is 15.9 Å². The SMILES string of the molecule is Cn1nccc1N1CC(CNC(=O)c2cccc(Br)c2)OC1=O. The van der Waals surface area contributed by atoms with Crippen LogP contribution in [0.1, 0.15) is 10.4 Å². The van der Waals surface area contributed by atoms with Crippen LogP contribution in [0.25, 0.3) is 0 Å². The number of aromatic nitrogens is 2. The number of amides is 2. The largest absolute Gasteiger partial charge is 0.442 e. The van der Waals surface area contributed by atoms with Crippen molar-refractivity contribution in [2.24, 2.45) is 7.05 Å². The van der Waals surface area contributed by atoms with Crippen molar-refractivity contribution in [1.82, 2.24) is 15.1 Å². The Balaban J connectivity index is 1.59. The van der Waals surface area contributed by atoms with Crippen LogP contribution in [0.2, 0.25) is 0 Å². The van der Waals surface area contributed by atoms with E-state index in [0.717, 1.165) is 4.47 Å². The van der Waals surface area contributed by atoms with Crippen molar-refractivity contribution in [3.05, 3.63) is 46.6 Å². The zero-order chi connectivity index (χ0) is 16.4. The van der Waals surface area contributed by atoms with Gasteiger partial charge in [-0.15, -0.1) is 0 Å². The standard InChI is InChI=1S/C15H15BrN4O3/c1-19-13(5-6-18-19)20-9-12(23-15(20)22)8-17-14(21)10-3-2-4-11(16)7-10/h2-7,12H,8-9H2,1H3,(H,17,21). The third-order valence-corrected chi connectivity index (χ3v) is 4.02. The summed E-state index contributed by atoms with van der Waals surface area (Å²) in [5.41, 5.74) is 0.548. The molecule has 1 fully saturated rings. The van der Waals surface area contributed by atoms with Gasteiger partial charge in [0.1, 0.15) is 11.9 Å². The van der Waals surface area contributed by atoms with Gasteiger partial charge in [-0.25, -0.2) is 4.79 Å². The van der Waals surface area contributed by atoms with Crippen LogP contribution in [0, 0.1) is 0 Å². The van der Waals surface area contributed by atoms with Crippen molar-refractivity contribution in [2.45, 2.75) is 6.10 Å². The molecule has 23 heavy (non-hydrogen) atoms. The fourth-order valence-corrected chi connectivity index (χ4v) is 2.78. The number of hydrogen-bond acceptors (Lipinski definition) is 4. The summed E-state index contributed by atoms with van der Waals surface area (Å²) in [4.78, 5) is 25.5. The first-order valence-electron chi connectivity index (χ1n) is 7.04. The average molecular weight is 379 g/mol. The number of halogens is 1. The monoisotopic (exact) mass is 378 g/mol. The Morgan fingerprint density at radius 2 is 2.30 bits per heavy atom. The molecule has 1 aromatic heterocycles. The maximum atomic E-state index is 12.1. The van der Waals surface area contributed by atoms with Crippen molar-refractivity contribution in [1.29, 1.82) is 0 Å². The highest BCUT2D eigenvalue weighted by molar-refractivity contribution is 9.10. The minimum atomic E-state index is -0.435. The predicted octanol–water partition coefficient (Wildman–Crippen LogP) is 1.94. The van der Waals surface area contributed by atoms with Crippen molar-refractivity contribution in [3.63, 3.8) is 0 Å². The molecule has 2 heterocycles. The van der Waals surface area contributed by atoms with Gasteiger partial charge < -0.3 is 10.1 Å². The van der Waals surface area contributed by atoms with E-state index in [2.05, 4.69) is 26.3 Å². The molecular weight excluding hydrogens is 364 g/mol. The first-order valence-corrected chi connectivity index (χ1v) is 7.84. The number of cyclic esters (lactones) is 1. The molecule has 1 aliphatic rings. The summed E-state index contributed by atoms with van der Waals surface area (Å²) in [6, 6.07) is 8.84. The third kappa shape index (κ3) is 3.37. The van der Waals surface area contributed by atoms with Crippen molar-refractivity contribution in [2.75, 3.05) is 18.0 Å². The number of carbonyl (C=O) groups excluding carboxylic acids is 2. The van der Waals surface area contributed by atoms with E-state index in [1.807, 2.05) is 6.07 Å². The van der Waals surface area contributed by atoms with Crippen LogP contribution in [0.5, 0.6) is 0 Å². The number of benzene rings is 1. The Kier molecular flexibility index (Phi) is 4.33. The van der Waals surface area contributed by atoms with Gasteiger partial charge in [0.05, 0.1) is 19.3 Å². The lowest BCUT2D eigenvalue weighted by Gasteiger charge is -2.12. The Morgan fingerprint density at radius 1 is 1.48 bits per heavy atom. The molecule has 2 amide bonds. The number of nitrogens with one attached hydrogen (secondary N) is 1. The van der Waals surface area contributed by atoms with E-state index in [-0.39, 0.29) is 12.5 Å². The van der Waals surface area contributed by atoms with E-state index in [1.165, 1.54) is 4.90 Å². The zero-order valence-electron chi connectivity index (χ0n) is 12.4. The van der Waals surface area contributed by atoms with E-state index in [0.29, 0.717) is 17.9 Å². The molecule has 1 saturated heterocycles. The number of anilines is 1. The molecular formula is C15H15BrN4O3. The van der Waals surface area contributed by atoms with Gasteiger partial charge in [0, 0.05) is 23.2 Å². The average Bonchev–Trinajstić information content (AvgIpc) is 3.10. The Labute approximate surface area is 141 Å². The van der Waals surface area contributed by atoms with Gasteiger partial charge in [-0.1, -0.05) is 22.0 Å². The Hall–Kier alpha value is -2.35. The summed E-state index contributed by atoms with van der Waals surface area (Å²) < 4.78 is 7.72. The van der Waals surface area contributed by atoms with Crippen LogP contribution in [0.3, 0.4) is 0 Å². The predicted molar refractivity (Wildman–Crippen MR) is 87.3 cm³/mol. The highest BCUT2D eigenvalue weighted by Gasteiger charge is 2.33. The normalized spacial score (nSPS) is 17.2. The quantitative estimate of drug-likeness (QED) is 0.881. The lowest BCUT2D eigenvalue weighted by Crippen LogP contribution is -2.34. The summed E-state index contributed by atoms with van der Waals surface area (Å²) in [6.45, 7) is 0.628. The summed E-state index contributed by atoms with van der Waals surface area (Å²) in [7, 11) is 1.75. The van der Waals surface area contributed by atoms with Gasteiger partial charge in [0.25, 0.3) is 5.91 Å².